The normalized spacial score (nSPS) is 11.2. The Kier molecular flexibility index (Phi) is 17.0. The summed E-state index contributed by atoms with van der Waals surface area (Å²) in [5.41, 5.74) is 2.98. The number of allylic oxidation sites excluding steroid dienone is 2. The molecule has 0 N–H and O–H groups in total. The summed E-state index contributed by atoms with van der Waals surface area (Å²) in [6.07, 6.45) is 7.17. The first-order valence-corrected chi connectivity index (χ1v) is 12.5. The average Bonchev–Trinajstić information content (AvgIpc) is 2.83. The molecule has 0 saturated carbocycles. The van der Waals surface area contributed by atoms with Crippen molar-refractivity contribution in [2.45, 2.75) is 67.2 Å². The Morgan fingerprint density at radius 3 is 2.19 bits per heavy atom. The molecule has 0 bridgehead atoms. The molecule has 1 unspecified atom stereocenters. The fraction of sp³-hybridized carbons (Fsp3) is 0.393. The Hall–Kier alpha value is -2.30. The summed E-state index contributed by atoms with van der Waals surface area (Å²) in [6, 6.07) is 14.3. The van der Waals surface area contributed by atoms with Gasteiger partial charge in [0.05, 0.1) is 0 Å². The van der Waals surface area contributed by atoms with Crippen LogP contribution in [0.2, 0.25) is 0 Å². The van der Waals surface area contributed by atoms with Crippen LogP contribution in [-0.4, -0.2) is 6.29 Å². The van der Waals surface area contributed by atoms with Crippen LogP contribution >= 0.6 is 8.54 Å². The Balaban J connectivity index is 0.000000814. The molecule has 1 nitrogen and oxygen atoms in total. The van der Waals surface area contributed by atoms with Crippen LogP contribution in [0.3, 0.4) is 0 Å². The molecule has 2 rings (SSSR count). The molecule has 2 aromatic carbocycles. The molecule has 0 heterocycles. The second-order valence-electron chi connectivity index (χ2n) is 6.97. The van der Waals surface area contributed by atoms with Crippen molar-refractivity contribution in [1.82, 2.24) is 0 Å². The number of hydrogen-bond acceptors (Lipinski definition) is 1. The number of carbonyl (C=O) groups is 1. The summed E-state index contributed by atoms with van der Waals surface area (Å²) in [7, 11) is -3.17. The molecule has 2 aromatic rings. The van der Waals surface area contributed by atoms with E-state index in [4.69, 9.17) is 0 Å². The van der Waals surface area contributed by atoms with Crippen LogP contribution in [0.15, 0.2) is 60.2 Å². The number of aldehydes is 1. The zero-order valence-electron chi connectivity index (χ0n) is 20.3. The zero-order valence-corrected chi connectivity index (χ0v) is 21.2. The van der Waals surface area contributed by atoms with Gasteiger partial charge in [0, 0.05) is 16.8 Å². The quantitative estimate of drug-likeness (QED) is 0.230. The van der Waals surface area contributed by atoms with Crippen LogP contribution in [0.5, 0.6) is 0 Å². The summed E-state index contributed by atoms with van der Waals surface area (Å²) < 4.78 is 26.8. The molecule has 0 radical (unpaired) electrons. The molecule has 0 saturated heterocycles. The van der Waals surface area contributed by atoms with Crippen LogP contribution in [0.1, 0.15) is 72.8 Å². The fourth-order valence-corrected chi connectivity index (χ4v) is 3.50. The second kappa shape index (κ2) is 18.3. The lowest BCUT2D eigenvalue weighted by molar-refractivity contribution is -0.111. The Morgan fingerprint density at radius 2 is 1.72 bits per heavy atom. The van der Waals surface area contributed by atoms with Crippen molar-refractivity contribution in [3.8, 4) is 23.0 Å². The highest BCUT2D eigenvalue weighted by atomic mass is 31.2. The van der Waals surface area contributed by atoms with E-state index in [0.29, 0.717) is 17.0 Å². The van der Waals surface area contributed by atoms with E-state index >= 15 is 0 Å². The second-order valence-corrected chi connectivity index (χ2v) is 7.92. The molecule has 0 aliphatic carbocycles. The topological polar surface area (TPSA) is 17.1 Å². The number of halogens is 2. The molecule has 0 amide bonds. The maximum Gasteiger partial charge on any atom is 0.298 e. The van der Waals surface area contributed by atoms with Gasteiger partial charge in [-0.3, -0.25) is 0 Å². The van der Waals surface area contributed by atoms with E-state index in [1.165, 1.54) is 6.07 Å². The third kappa shape index (κ3) is 11.4. The van der Waals surface area contributed by atoms with Gasteiger partial charge in [0.2, 0.25) is 0 Å². The van der Waals surface area contributed by atoms with Gasteiger partial charge in [-0.2, -0.15) is 8.39 Å². The van der Waals surface area contributed by atoms with Gasteiger partial charge in [0.1, 0.15) is 6.29 Å². The van der Waals surface area contributed by atoms with E-state index in [0.717, 1.165) is 43.1 Å². The first kappa shape index (κ1) is 29.7. The van der Waals surface area contributed by atoms with Crippen molar-refractivity contribution in [2.75, 3.05) is 0 Å². The van der Waals surface area contributed by atoms with Crippen molar-refractivity contribution in [1.29, 1.82) is 0 Å². The van der Waals surface area contributed by atoms with Gasteiger partial charge in [-0.15, -0.1) is 0 Å². The first-order valence-electron chi connectivity index (χ1n) is 11.4. The molecule has 32 heavy (non-hydrogen) atoms. The minimum absolute atomic E-state index is 0.0881. The van der Waals surface area contributed by atoms with Gasteiger partial charge in [-0.05, 0) is 55.0 Å². The monoisotopic (exact) mass is 458 g/mol. The highest BCUT2D eigenvalue weighted by Gasteiger charge is 2.16. The van der Waals surface area contributed by atoms with E-state index < -0.39 is 8.54 Å². The zero-order chi connectivity index (χ0) is 24.4. The summed E-state index contributed by atoms with van der Waals surface area (Å²) in [6.45, 7) is 12.1. The molecule has 0 spiro atoms. The lowest BCUT2D eigenvalue weighted by atomic mass is 10.0. The van der Waals surface area contributed by atoms with Crippen molar-refractivity contribution in [2.24, 2.45) is 5.92 Å². The van der Waals surface area contributed by atoms with Gasteiger partial charge in [0.15, 0.2) is 0 Å². The van der Waals surface area contributed by atoms with Crippen molar-refractivity contribution in [3.63, 3.8) is 0 Å². The highest BCUT2D eigenvalue weighted by Crippen LogP contribution is 2.41. The molecule has 0 aliphatic heterocycles. The van der Waals surface area contributed by atoms with Crippen molar-refractivity contribution in [3.05, 3.63) is 65.7 Å². The fourth-order valence-electron chi connectivity index (χ4n) is 2.88. The third-order valence-corrected chi connectivity index (χ3v) is 5.29. The van der Waals surface area contributed by atoms with Crippen LogP contribution < -0.4 is 5.30 Å². The molecular formula is C28H37F2OP. The highest BCUT2D eigenvalue weighted by molar-refractivity contribution is 7.55. The van der Waals surface area contributed by atoms with Crippen molar-refractivity contribution < 1.29 is 13.2 Å². The predicted molar refractivity (Wildman–Crippen MR) is 138 cm³/mol. The Morgan fingerprint density at radius 1 is 1.06 bits per heavy atom. The van der Waals surface area contributed by atoms with Crippen LogP contribution in [0.4, 0.5) is 8.39 Å². The van der Waals surface area contributed by atoms with Crippen molar-refractivity contribution >= 4 is 20.1 Å². The summed E-state index contributed by atoms with van der Waals surface area (Å²) >= 11 is 0. The van der Waals surface area contributed by atoms with Gasteiger partial charge in [-0.1, -0.05) is 95.4 Å². The summed E-state index contributed by atoms with van der Waals surface area (Å²) in [5.74, 6) is 6.28. The van der Waals surface area contributed by atoms with Gasteiger partial charge in [-0.25, -0.2) is 0 Å². The van der Waals surface area contributed by atoms with Gasteiger partial charge in [0.25, 0.3) is 8.54 Å². The lowest BCUT2D eigenvalue weighted by Crippen LogP contribution is -2.02. The molecular weight excluding hydrogens is 421 g/mol. The Labute approximate surface area is 195 Å². The maximum atomic E-state index is 13.4. The molecule has 0 aromatic heterocycles. The summed E-state index contributed by atoms with van der Waals surface area (Å²) in [4.78, 5) is 10.1. The molecule has 0 aliphatic rings. The van der Waals surface area contributed by atoms with Crippen LogP contribution in [0, 0.1) is 17.8 Å². The van der Waals surface area contributed by atoms with E-state index in [1.807, 2.05) is 64.1 Å². The van der Waals surface area contributed by atoms with E-state index in [2.05, 4.69) is 25.7 Å². The number of benzene rings is 2. The molecule has 1 atom stereocenters. The van der Waals surface area contributed by atoms with Crippen LogP contribution in [0.25, 0.3) is 11.1 Å². The smallest absolute Gasteiger partial charge is 0.298 e. The average molecular weight is 459 g/mol. The predicted octanol–water partition coefficient (Wildman–Crippen LogP) is 8.98. The minimum Gasteiger partial charge on any atom is -0.303 e. The van der Waals surface area contributed by atoms with E-state index in [1.54, 1.807) is 12.1 Å². The first-order chi connectivity index (χ1) is 15.5. The minimum atomic E-state index is -3.17. The number of rotatable bonds is 7. The Bertz CT molecular complexity index is 864. The number of hydrogen-bond donors (Lipinski definition) is 0. The molecule has 174 valence electrons. The third-order valence-electron chi connectivity index (χ3n) is 4.56. The van der Waals surface area contributed by atoms with Gasteiger partial charge < -0.3 is 4.79 Å². The van der Waals surface area contributed by atoms with E-state index in [9.17, 15) is 13.2 Å². The largest absolute Gasteiger partial charge is 0.303 e. The molecule has 4 heteroatoms. The standard InChI is InChI=1S/C19H17F2P.C7H14O.C2H6/c1-3-7-15(2)10-11-16-12-13-18(19(14-16)22(20)21)17-8-5-4-6-9-17;1-3-5-7(4-2)6-8;1-2/h4-9,12-14H,3H2,1-2H3;6-7H,3-5H2,1-2H3;1-2H3. The maximum absolute atomic E-state index is 13.4. The lowest BCUT2D eigenvalue weighted by Gasteiger charge is -2.08. The summed E-state index contributed by atoms with van der Waals surface area (Å²) in [5, 5.41) is 0.0881. The van der Waals surface area contributed by atoms with Crippen LogP contribution in [-0.2, 0) is 4.79 Å². The molecule has 0 fully saturated rings. The number of carbonyl (C=O) groups excluding carboxylic acids is 1. The SMILES string of the molecule is CC.CCC=C(C)C#Cc1ccc(-c2ccccc2)c(P(F)F)c1.CCCC(C=O)CC. The van der Waals surface area contributed by atoms with Gasteiger partial charge >= 0.3 is 0 Å². The van der Waals surface area contributed by atoms with E-state index in [-0.39, 0.29) is 5.30 Å².